The van der Waals surface area contributed by atoms with Crippen molar-refractivity contribution in [1.82, 2.24) is 4.90 Å². The molecule has 1 N–H and O–H groups in total. The number of rotatable bonds is 7. The van der Waals surface area contributed by atoms with E-state index in [0.29, 0.717) is 23.5 Å². The number of anilines is 2. The number of likely N-dealkylation sites (N-methyl/N-ethyl adjacent to an activating group) is 1. The molecular formula is C24H23Cl2N3O5S2. The average Bonchev–Trinajstić information content (AvgIpc) is 3.20. The number of fused-ring (bicyclic) bond motifs is 1. The molecule has 1 amide bonds. The van der Waals surface area contributed by atoms with Gasteiger partial charge in [0.15, 0.2) is 0 Å². The Morgan fingerprint density at radius 2 is 1.86 bits per heavy atom. The van der Waals surface area contributed by atoms with E-state index >= 15 is 0 Å². The zero-order chi connectivity index (χ0) is 26.0. The van der Waals surface area contributed by atoms with E-state index in [1.807, 2.05) is 7.05 Å². The molecule has 1 aliphatic rings. The second-order valence-electron chi connectivity index (χ2n) is 8.16. The summed E-state index contributed by atoms with van der Waals surface area (Å²) in [6.45, 7) is 0.845. The number of thiophene rings is 1. The fourth-order valence-electron chi connectivity index (χ4n) is 3.91. The van der Waals surface area contributed by atoms with Crippen LogP contribution in [0.2, 0.25) is 10.0 Å². The second-order valence-corrected chi connectivity index (χ2v) is 11.9. The Morgan fingerprint density at radius 1 is 1.14 bits per heavy atom. The van der Waals surface area contributed by atoms with Gasteiger partial charge in [-0.15, -0.1) is 11.3 Å². The quantitative estimate of drug-likeness (QED) is 0.417. The number of halogens is 2. The maximum Gasteiger partial charge on any atom is 0.341 e. The summed E-state index contributed by atoms with van der Waals surface area (Å²) in [6.07, 6.45) is 0.639. The number of nitrogens with zero attached hydrogens (tertiary/aromatic N) is 2. The zero-order valence-electron chi connectivity index (χ0n) is 19.5. The van der Waals surface area contributed by atoms with Crippen LogP contribution in [0.3, 0.4) is 0 Å². The lowest BCUT2D eigenvalue weighted by atomic mass is 10.0. The number of nitrogens with one attached hydrogen (secondary N) is 1. The number of carbonyl (C=O) groups is 2. The van der Waals surface area contributed by atoms with Gasteiger partial charge in [0, 0.05) is 18.0 Å². The van der Waals surface area contributed by atoms with E-state index in [1.54, 1.807) is 18.2 Å². The van der Waals surface area contributed by atoms with E-state index in [0.717, 1.165) is 21.3 Å². The van der Waals surface area contributed by atoms with Crippen LogP contribution in [-0.4, -0.2) is 52.4 Å². The molecule has 0 atom stereocenters. The van der Waals surface area contributed by atoms with Crippen LogP contribution in [0.4, 0.5) is 10.7 Å². The van der Waals surface area contributed by atoms with Gasteiger partial charge in [-0.1, -0.05) is 41.4 Å². The first-order valence-electron chi connectivity index (χ1n) is 10.9. The number of methoxy groups -OCH3 is 1. The maximum atomic E-state index is 13.5. The van der Waals surface area contributed by atoms with Crippen molar-refractivity contribution in [3.05, 3.63) is 74.6 Å². The standard InChI is InChI=1S/C24H23Cl2N3O5S2/c1-28-11-10-17-20(13-28)35-23(22(17)24(31)34-2)27-21(30)14-29(15-8-9-18(25)19(26)12-15)36(32,33)16-6-4-3-5-7-16/h3-9,12H,10-11,13-14H2,1-2H3,(H,27,30). The number of benzene rings is 2. The van der Waals surface area contributed by atoms with Gasteiger partial charge in [0.25, 0.3) is 10.0 Å². The minimum atomic E-state index is -4.14. The third-order valence-electron chi connectivity index (χ3n) is 5.70. The number of esters is 1. The highest BCUT2D eigenvalue weighted by atomic mass is 35.5. The zero-order valence-corrected chi connectivity index (χ0v) is 22.6. The lowest BCUT2D eigenvalue weighted by Gasteiger charge is -2.24. The highest BCUT2D eigenvalue weighted by Gasteiger charge is 2.31. The molecule has 0 saturated carbocycles. The molecule has 8 nitrogen and oxygen atoms in total. The highest BCUT2D eigenvalue weighted by molar-refractivity contribution is 7.92. The summed E-state index contributed by atoms with van der Waals surface area (Å²) in [6, 6.07) is 12.1. The van der Waals surface area contributed by atoms with Crippen molar-refractivity contribution in [3.63, 3.8) is 0 Å². The molecule has 2 aromatic carbocycles. The molecule has 190 valence electrons. The first-order chi connectivity index (χ1) is 17.1. The van der Waals surface area contributed by atoms with E-state index in [4.69, 9.17) is 27.9 Å². The number of amides is 1. The van der Waals surface area contributed by atoms with Crippen LogP contribution < -0.4 is 9.62 Å². The van der Waals surface area contributed by atoms with Crippen LogP contribution in [0, 0.1) is 0 Å². The summed E-state index contributed by atoms with van der Waals surface area (Å²) in [5.41, 5.74) is 1.33. The van der Waals surface area contributed by atoms with Gasteiger partial charge in [0.2, 0.25) is 5.91 Å². The van der Waals surface area contributed by atoms with Crippen molar-refractivity contribution in [2.24, 2.45) is 0 Å². The molecule has 1 aromatic heterocycles. The number of hydrogen-bond donors (Lipinski definition) is 1. The Balaban J connectivity index is 1.69. The minimum absolute atomic E-state index is 0.00810. The van der Waals surface area contributed by atoms with Crippen molar-refractivity contribution in [1.29, 1.82) is 0 Å². The molecule has 0 spiro atoms. The first-order valence-corrected chi connectivity index (χ1v) is 13.9. The summed E-state index contributed by atoms with van der Waals surface area (Å²) in [5.74, 6) is -1.18. The van der Waals surface area contributed by atoms with Gasteiger partial charge in [-0.3, -0.25) is 9.10 Å². The Labute approximate surface area is 223 Å². The van der Waals surface area contributed by atoms with Crippen LogP contribution in [0.1, 0.15) is 20.8 Å². The van der Waals surface area contributed by atoms with Gasteiger partial charge >= 0.3 is 5.97 Å². The van der Waals surface area contributed by atoms with Crippen molar-refractivity contribution in [3.8, 4) is 0 Å². The van der Waals surface area contributed by atoms with Crippen molar-refractivity contribution in [2.75, 3.05) is 36.9 Å². The van der Waals surface area contributed by atoms with Gasteiger partial charge in [-0.05, 0) is 49.4 Å². The number of ether oxygens (including phenoxy) is 1. The molecular weight excluding hydrogens is 545 g/mol. The molecule has 36 heavy (non-hydrogen) atoms. The van der Waals surface area contributed by atoms with Crippen molar-refractivity contribution < 1.29 is 22.7 Å². The van der Waals surface area contributed by atoms with Crippen LogP contribution in [-0.2, 0) is 32.5 Å². The monoisotopic (exact) mass is 567 g/mol. The first kappa shape index (κ1) is 26.4. The van der Waals surface area contributed by atoms with Crippen LogP contribution in [0.5, 0.6) is 0 Å². The number of hydrogen-bond acceptors (Lipinski definition) is 7. The Hall–Kier alpha value is -2.63. The van der Waals surface area contributed by atoms with Crippen LogP contribution >= 0.6 is 34.5 Å². The summed E-state index contributed by atoms with van der Waals surface area (Å²) < 4.78 is 33.0. The molecule has 4 rings (SSSR count). The topological polar surface area (TPSA) is 96.0 Å². The lowest BCUT2D eigenvalue weighted by Crippen LogP contribution is -2.38. The lowest BCUT2D eigenvalue weighted by molar-refractivity contribution is -0.114. The van der Waals surface area contributed by atoms with Gasteiger partial charge in [0.05, 0.1) is 33.3 Å². The third kappa shape index (κ3) is 5.37. The summed E-state index contributed by atoms with van der Waals surface area (Å²) in [4.78, 5) is 28.9. The minimum Gasteiger partial charge on any atom is -0.465 e. The predicted molar refractivity (Wildman–Crippen MR) is 142 cm³/mol. The van der Waals surface area contributed by atoms with Gasteiger partial charge in [0.1, 0.15) is 11.5 Å². The smallest absolute Gasteiger partial charge is 0.341 e. The Kier molecular flexibility index (Phi) is 7.91. The summed E-state index contributed by atoms with van der Waals surface area (Å²) in [7, 11) is -0.878. The SMILES string of the molecule is COC(=O)c1c(NC(=O)CN(c2ccc(Cl)c(Cl)c2)S(=O)(=O)c2ccccc2)sc2c1CCN(C)C2. The predicted octanol–water partition coefficient (Wildman–Crippen LogP) is 4.66. The van der Waals surface area contributed by atoms with E-state index in [-0.39, 0.29) is 20.6 Å². The molecule has 0 bridgehead atoms. The molecule has 0 unspecified atom stereocenters. The molecule has 1 aliphatic heterocycles. The fraction of sp³-hybridized carbons (Fsp3) is 0.250. The largest absolute Gasteiger partial charge is 0.465 e. The molecule has 0 radical (unpaired) electrons. The number of carbonyl (C=O) groups excluding carboxylic acids is 2. The normalized spacial score (nSPS) is 13.7. The highest BCUT2D eigenvalue weighted by Crippen LogP contribution is 2.37. The molecule has 2 heterocycles. The van der Waals surface area contributed by atoms with Crippen molar-refractivity contribution >= 4 is 67.1 Å². The Morgan fingerprint density at radius 3 is 2.53 bits per heavy atom. The van der Waals surface area contributed by atoms with E-state index in [2.05, 4.69) is 10.2 Å². The van der Waals surface area contributed by atoms with E-state index < -0.39 is 28.4 Å². The van der Waals surface area contributed by atoms with Gasteiger partial charge in [-0.25, -0.2) is 13.2 Å². The number of sulfonamides is 1. The van der Waals surface area contributed by atoms with Gasteiger partial charge in [-0.2, -0.15) is 0 Å². The summed E-state index contributed by atoms with van der Waals surface area (Å²) >= 11 is 13.5. The second kappa shape index (κ2) is 10.8. The van der Waals surface area contributed by atoms with Gasteiger partial charge < -0.3 is 15.0 Å². The van der Waals surface area contributed by atoms with Crippen LogP contribution in [0.15, 0.2) is 53.4 Å². The molecule has 0 aliphatic carbocycles. The van der Waals surface area contributed by atoms with E-state index in [1.165, 1.54) is 48.8 Å². The fourth-order valence-corrected chi connectivity index (χ4v) is 6.97. The summed E-state index contributed by atoms with van der Waals surface area (Å²) in [5, 5.41) is 3.47. The van der Waals surface area contributed by atoms with E-state index in [9.17, 15) is 18.0 Å². The average molecular weight is 569 g/mol. The van der Waals surface area contributed by atoms with Crippen molar-refractivity contribution in [2.45, 2.75) is 17.9 Å². The molecule has 0 saturated heterocycles. The maximum absolute atomic E-state index is 13.5. The molecule has 12 heteroatoms. The molecule has 0 fully saturated rings. The van der Waals surface area contributed by atoms with Crippen LogP contribution in [0.25, 0.3) is 0 Å². The third-order valence-corrected chi connectivity index (χ3v) is 9.36. The molecule has 3 aromatic rings. The Bertz CT molecular complexity index is 1410.